The number of hydrogen-bond donors (Lipinski definition) is 0. The quantitative estimate of drug-likeness (QED) is 0.688. The number of nitrogens with zero attached hydrogens (tertiary/aromatic N) is 1. The first-order chi connectivity index (χ1) is 7.17. The van der Waals surface area contributed by atoms with Crippen molar-refractivity contribution in [1.29, 1.82) is 0 Å². The van der Waals surface area contributed by atoms with Gasteiger partial charge >= 0.3 is 0 Å². The third-order valence-electron chi connectivity index (χ3n) is 2.55. The van der Waals surface area contributed by atoms with Gasteiger partial charge in [-0.15, -0.1) is 0 Å². The molecule has 3 nitrogen and oxygen atoms in total. The van der Waals surface area contributed by atoms with Gasteiger partial charge in [0, 0.05) is 13.1 Å². The van der Waals surface area contributed by atoms with Crippen LogP contribution in [0.1, 0.15) is 12.5 Å². The van der Waals surface area contributed by atoms with E-state index >= 15 is 0 Å². The fourth-order valence-electron chi connectivity index (χ4n) is 1.35. The second-order valence-corrected chi connectivity index (χ2v) is 3.67. The highest BCUT2D eigenvalue weighted by Crippen LogP contribution is 2.13. The molecule has 0 radical (unpaired) electrons. The van der Waals surface area contributed by atoms with E-state index in [2.05, 4.69) is 0 Å². The van der Waals surface area contributed by atoms with Gasteiger partial charge < -0.3 is 9.64 Å². The molecule has 1 aromatic rings. The Kier molecular flexibility index (Phi) is 4.16. The number of amides is 1. The summed E-state index contributed by atoms with van der Waals surface area (Å²) in [5.74, 6) is 0.857. The first-order valence-electron chi connectivity index (χ1n) is 4.97. The number of carbonyl (C=O) groups is 1. The molecule has 0 saturated heterocycles. The largest absolute Gasteiger partial charge is 0.497 e. The van der Waals surface area contributed by atoms with E-state index in [0.29, 0.717) is 0 Å². The highest BCUT2D eigenvalue weighted by atomic mass is 16.5. The number of likely N-dealkylation sites (N-methyl/N-ethyl adjacent to an activating group) is 1. The predicted molar refractivity (Wildman–Crippen MR) is 60.0 cm³/mol. The zero-order valence-electron chi connectivity index (χ0n) is 9.43. The predicted octanol–water partition coefficient (Wildman–Crippen LogP) is 1.71. The fraction of sp³-hybridized carbons (Fsp3) is 0.417. The van der Waals surface area contributed by atoms with Crippen LogP contribution in [0.25, 0.3) is 0 Å². The van der Waals surface area contributed by atoms with Gasteiger partial charge in [0.2, 0.25) is 6.41 Å². The molecule has 0 bridgehead atoms. The van der Waals surface area contributed by atoms with Crippen LogP contribution in [0.2, 0.25) is 0 Å². The molecule has 0 saturated carbocycles. The summed E-state index contributed by atoms with van der Waals surface area (Å²) < 4.78 is 5.08. The molecule has 15 heavy (non-hydrogen) atoms. The maximum Gasteiger partial charge on any atom is 0.209 e. The lowest BCUT2D eigenvalue weighted by molar-refractivity contribution is -0.118. The molecule has 1 aromatic carbocycles. The minimum Gasteiger partial charge on any atom is -0.497 e. The van der Waals surface area contributed by atoms with Crippen LogP contribution in [0.3, 0.4) is 0 Å². The van der Waals surface area contributed by atoms with Crippen LogP contribution in [0.15, 0.2) is 24.3 Å². The van der Waals surface area contributed by atoms with Gasteiger partial charge in [0.05, 0.1) is 7.11 Å². The summed E-state index contributed by atoms with van der Waals surface area (Å²) in [6.07, 6.45) is 1.72. The van der Waals surface area contributed by atoms with Crippen molar-refractivity contribution in [2.24, 2.45) is 0 Å². The Morgan fingerprint density at radius 3 is 2.47 bits per heavy atom. The molecule has 1 rings (SSSR count). The van der Waals surface area contributed by atoms with Crippen molar-refractivity contribution in [3.8, 4) is 5.75 Å². The Bertz CT molecular complexity index is 308. The number of methoxy groups -OCH3 is 1. The van der Waals surface area contributed by atoms with Gasteiger partial charge in [-0.25, -0.2) is 0 Å². The fourth-order valence-corrected chi connectivity index (χ4v) is 1.35. The third kappa shape index (κ3) is 3.27. The summed E-state index contributed by atoms with van der Waals surface area (Å²) in [4.78, 5) is 12.2. The van der Waals surface area contributed by atoms with Crippen molar-refractivity contribution < 1.29 is 9.53 Å². The Balaban J connectivity index is 2.60. The molecular weight excluding hydrogens is 190 g/mol. The third-order valence-corrected chi connectivity index (χ3v) is 2.55. The minimum absolute atomic E-state index is 0.218. The molecule has 0 N–H and O–H groups in total. The molecule has 1 atom stereocenters. The summed E-state index contributed by atoms with van der Waals surface area (Å²) in [6.45, 7) is 2.03. The van der Waals surface area contributed by atoms with Crippen molar-refractivity contribution in [2.75, 3.05) is 14.2 Å². The van der Waals surface area contributed by atoms with Gasteiger partial charge in [-0.1, -0.05) is 12.1 Å². The maximum atomic E-state index is 10.5. The average molecular weight is 207 g/mol. The highest BCUT2D eigenvalue weighted by molar-refractivity contribution is 5.47. The Morgan fingerprint density at radius 2 is 2.00 bits per heavy atom. The van der Waals surface area contributed by atoms with E-state index < -0.39 is 0 Å². The lowest BCUT2D eigenvalue weighted by Gasteiger charge is -2.20. The van der Waals surface area contributed by atoms with Crippen LogP contribution >= 0.6 is 0 Å². The first-order valence-corrected chi connectivity index (χ1v) is 4.97. The molecule has 0 spiro atoms. The van der Waals surface area contributed by atoms with Crippen molar-refractivity contribution in [1.82, 2.24) is 4.90 Å². The second-order valence-electron chi connectivity index (χ2n) is 3.67. The SMILES string of the molecule is COc1ccc(C[C@@H](C)N(C)C=O)cc1. The van der Waals surface area contributed by atoms with E-state index in [1.54, 1.807) is 19.1 Å². The van der Waals surface area contributed by atoms with Gasteiger partial charge in [-0.3, -0.25) is 4.79 Å². The summed E-state index contributed by atoms with van der Waals surface area (Å²) in [5.41, 5.74) is 1.21. The molecule has 3 heteroatoms. The van der Waals surface area contributed by atoms with E-state index in [-0.39, 0.29) is 6.04 Å². The van der Waals surface area contributed by atoms with Crippen molar-refractivity contribution >= 4 is 6.41 Å². The van der Waals surface area contributed by atoms with Gasteiger partial charge in [-0.05, 0) is 31.0 Å². The molecule has 0 heterocycles. The van der Waals surface area contributed by atoms with Crippen LogP contribution in [0.4, 0.5) is 0 Å². The van der Waals surface area contributed by atoms with Crippen LogP contribution < -0.4 is 4.74 Å². The van der Waals surface area contributed by atoms with E-state index in [0.717, 1.165) is 18.6 Å². The van der Waals surface area contributed by atoms with E-state index in [9.17, 15) is 4.79 Å². The van der Waals surface area contributed by atoms with Crippen LogP contribution in [-0.4, -0.2) is 31.5 Å². The molecule has 0 aliphatic rings. The van der Waals surface area contributed by atoms with Crippen LogP contribution in [0.5, 0.6) is 5.75 Å². The molecule has 0 aliphatic carbocycles. The van der Waals surface area contributed by atoms with Gasteiger partial charge in [-0.2, -0.15) is 0 Å². The van der Waals surface area contributed by atoms with E-state index in [4.69, 9.17) is 4.74 Å². The molecule has 82 valence electrons. The first kappa shape index (κ1) is 11.6. The average Bonchev–Trinajstić information content (AvgIpc) is 2.29. The summed E-state index contributed by atoms with van der Waals surface area (Å²) in [5, 5.41) is 0. The lowest BCUT2D eigenvalue weighted by Crippen LogP contribution is -2.29. The summed E-state index contributed by atoms with van der Waals surface area (Å²) >= 11 is 0. The van der Waals surface area contributed by atoms with Gasteiger partial charge in [0.1, 0.15) is 5.75 Å². The molecule has 0 unspecified atom stereocenters. The molecule has 0 aromatic heterocycles. The zero-order valence-corrected chi connectivity index (χ0v) is 9.43. The number of hydrogen-bond acceptors (Lipinski definition) is 2. The Morgan fingerprint density at radius 1 is 1.40 bits per heavy atom. The standard InChI is InChI=1S/C12H17NO2/c1-10(13(2)9-14)8-11-4-6-12(15-3)7-5-11/h4-7,9-10H,8H2,1-3H3/t10-/m1/s1. The molecular formula is C12H17NO2. The van der Waals surface area contributed by atoms with Gasteiger partial charge in [0.25, 0.3) is 0 Å². The normalized spacial score (nSPS) is 11.9. The van der Waals surface area contributed by atoms with E-state index in [1.807, 2.05) is 31.2 Å². The van der Waals surface area contributed by atoms with Crippen molar-refractivity contribution in [3.05, 3.63) is 29.8 Å². The van der Waals surface area contributed by atoms with Gasteiger partial charge in [0.15, 0.2) is 0 Å². The van der Waals surface area contributed by atoms with Crippen molar-refractivity contribution in [3.63, 3.8) is 0 Å². The lowest BCUT2D eigenvalue weighted by atomic mass is 10.1. The zero-order chi connectivity index (χ0) is 11.3. The highest BCUT2D eigenvalue weighted by Gasteiger charge is 2.07. The maximum absolute atomic E-state index is 10.5. The smallest absolute Gasteiger partial charge is 0.209 e. The summed E-state index contributed by atoms with van der Waals surface area (Å²) in [7, 11) is 3.44. The Labute approximate surface area is 90.7 Å². The summed E-state index contributed by atoms with van der Waals surface area (Å²) in [6, 6.07) is 8.13. The van der Waals surface area contributed by atoms with Crippen LogP contribution in [0, 0.1) is 0 Å². The monoisotopic (exact) mass is 207 g/mol. The Hall–Kier alpha value is -1.51. The number of rotatable bonds is 5. The molecule has 1 amide bonds. The number of ether oxygens (including phenoxy) is 1. The van der Waals surface area contributed by atoms with Crippen LogP contribution in [-0.2, 0) is 11.2 Å². The van der Waals surface area contributed by atoms with Crippen molar-refractivity contribution in [2.45, 2.75) is 19.4 Å². The second kappa shape index (κ2) is 5.39. The molecule has 0 aliphatic heterocycles. The minimum atomic E-state index is 0.218. The number of carbonyl (C=O) groups excluding carboxylic acids is 1. The topological polar surface area (TPSA) is 29.5 Å². The molecule has 0 fully saturated rings. The van der Waals surface area contributed by atoms with E-state index in [1.165, 1.54) is 5.56 Å². The number of benzene rings is 1.